The second-order valence-corrected chi connectivity index (χ2v) is 6.75. The Morgan fingerprint density at radius 2 is 1.86 bits per heavy atom. The molecular formula is C9H21NO3S. The summed E-state index contributed by atoms with van der Waals surface area (Å²) in [5.74, 6) is 0.114. The molecule has 0 aromatic heterocycles. The first-order chi connectivity index (χ1) is 6.12. The van der Waals surface area contributed by atoms with Crippen LogP contribution in [-0.4, -0.2) is 31.9 Å². The molecule has 2 N–H and O–H groups in total. The van der Waals surface area contributed by atoms with Crippen LogP contribution in [0.4, 0.5) is 0 Å². The molecule has 0 radical (unpaired) electrons. The van der Waals surface area contributed by atoms with Crippen LogP contribution in [0.3, 0.4) is 0 Å². The number of hydrogen-bond acceptors (Lipinski definition) is 3. The highest BCUT2D eigenvalue weighted by Gasteiger charge is 2.17. The molecule has 86 valence electrons. The van der Waals surface area contributed by atoms with E-state index in [-0.39, 0.29) is 17.7 Å². The fourth-order valence-electron chi connectivity index (χ4n) is 0.760. The lowest BCUT2D eigenvalue weighted by atomic mass is 9.94. The maximum atomic E-state index is 11.4. The van der Waals surface area contributed by atoms with Gasteiger partial charge < -0.3 is 5.11 Å². The molecule has 0 rings (SSSR count). The highest BCUT2D eigenvalue weighted by Crippen LogP contribution is 2.18. The summed E-state index contributed by atoms with van der Waals surface area (Å²) in [6, 6.07) is 0. The zero-order chi connectivity index (χ0) is 11.4. The Labute approximate surface area is 86.8 Å². The average Bonchev–Trinajstić information content (AvgIpc) is 1.97. The van der Waals surface area contributed by atoms with Crippen molar-refractivity contribution in [2.24, 2.45) is 5.41 Å². The summed E-state index contributed by atoms with van der Waals surface area (Å²) in [4.78, 5) is 0. The van der Waals surface area contributed by atoms with Crippen LogP contribution >= 0.6 is 0 Å². The zero-order valence-corrected chi connectivity index (χ0v) is 10.2. The van der Waals surface area contributed by atoms with Crippen molar-refractivity contribution < 1.29 is 13.5 Å². The Morgan fingerprint density at radius 3 is 2.21 bits per heavy atom. The lowest BCUT2D eigenvalue weighted by Crippen LogP contribution is -2.33. The molecule has 14 heavy (non-hydrogen) atoms. The summed E-state index contributed by atoms with van der Waals surface area (Å²) < 4.78 is 25.1. The minimum absolute atomic E-state index is 0.0135. The summed E-state index contributed by atoms with van der Waals surface area (Å²) >= 11 is 0. The second-order valence-electron chi connectivity index (χ2n) is 4.83. The van der Waals surface area contributed by atoms with E-state index >= 15 is 0 Å². The minimum atomic E-state index is -3.22. The van der Waals surface area contributed by atoms with Crippen molar-refractivity contribution in [1.82, 2.24) is 4.72 Å². The van der Waals surface area contributed by atoms with Crippen LogP contribution in [0.5, 0.6) is 0 Å². The van der Waals surface area contributed by atoms with Crippen molar-refractivity contribution in [3.8, 4) is 0 Å². The van der Waals surface area contributed by atoms with E-state index in [1.807, 2.05) is 20.8 Å². The molecule has 1 atom stereocenters. The second kappa shape index (κ2) is 5.09. The maximum Gasteiger partial charge on any atom is 0.211 e. The van der Waals surface area contributed by atoms with E-state index in [0.29, 0.717) is 6.42 Å². The summed E-state index contributed by atoms with van der Waals surface area (Å²) in [7, 11) is -3.22. The Hall–Kier alpha value is -0.130. The molecule has 0 aliphatic heterocycles. The normalized spacial score (nSPS) is 15.5. The lowest BCUT2D eigenvalue weighted by Gasteiger charge is -2.18. The van der Waals surface area contributed by atoms with Gasteiger partial charge in [-0.25, -0.2) is 13.1 Å². The third kappa shape index (κ3) is 8.47. The maximum absolute atomic E-state index is 11.4. The molecule has 0 aromatic rings. The number of hydrogen-bond donors (Lipinski definition) is 2. The predicted octanol–water partition coefficient (Wildman–Crippen LogP) is 0.723. The molecule has 0 amide bonds. The third-order valence-electron chi connectivity index (χ3n) is 1.72. The summed E-state index contributed by atoms with van der Waals surface area (Å²) in [6.07, 6.45) is -0.0262. The fourth-order valence-corrected chi connectivity index (χ4v) is 2.28. The number of rotatable bonds is 5. The van der Waals surface area contributed by atoms with Crippen LogP contribution in [0.25, 0.3) is 0 Å². The van der Waals surface area contributed by atoms with Crippen molar-refractivity contribution >= 4 is 10.0 Å². The summed E-state index contributed by atoms with van der Waals surface area (Å²) in [6.45, 7) is 7.63. The zero-order valence-electron chi connectivity index (χ0n) is 9.37. The molecule has 0 heterocycles. The SMILES string of the molecule is C[C@@H](O)CNS(=O)(=O)CCC(C)(C)C. The Morgan fingerprint density at radius 1 is 1.36 bits per heavy atom. The number of nitrogens with one attached hydrogen (secondary N) is 1. The van der Waals surface area contributed by atoms with Crippen molar-refractivity contribution in [2.75, 3.05) is 12.3 Å². The largest absolute Gasteiger partial charge is 0.392 e. The first-order valence-electron chi connectivity index (χ1n) is 4.78. The van der Waals surface area contributed by atoms with Crippen molar-refractivity contribution in [3.63, 3.8) is 0 Å². The van der Waals surface area contributed by atoms with E-state index in [1.54, 1.807) is 6.92 Å². The average molecular weight is 223 g/mol. The monoisotopic (exact) mass is 223 g/mol. The minimum Gasteiger partial charge on any atom is -0.392 e. The van der Waals surface area contributed by atoms with Gasteiger partial charge in [-0.05, 0) is 18.8 Å². The molecule has 0 saturated heterocycles. The van der Waals surface area contributed by atoms with Gasteiger partial charge in [0, 0.05) is 6.54 Å². The Kier molecular flexibility index (Phi) is 5.05. The van der Waals surface area contributed by atoms with E-state index in [1.165, 1.54) is 0 Å². The first-order valence-corrected chi connectivity index (χ1v) is 6.43. The van der Waals surface area contributed by atoms with Crippen LogP contribution in [0.15, 0.2) is 0 Å². The topological polar surface area (TPSA) is 66.4 Å². The van der Waals surface area contributed by atoms with Crippen molar-refractivity contribution in [3.05, 3.63) is 0 Å². The van der Waals surface area contributed by atoms with Gasteiger partial charge in [-0.1, -0.05) is 20.8 Å². The van der Waals surface area contributed by atoms with Gasteiger partial charge in [-0.2, -0.15) is 0 Å². The van der Waals surface area contributed by atoms with E-state index in [9.17, 15) is 8.42 Å². The molecule has 0 aliphatic rings. The van der Waals surface area contributed by atoms with Crippen molar-refractivity contribution in [2.45, 2.75) is 40.2 Å². The quantitative estimate of drug-likeness (QED) is 0.722. The molecule has 0 unspecified atom stereocenters. The molecule has 0 aromatic carbocycles. The summed E-state index contributed by atoms with van der Waals surface area (Å²) in [5, 5.41) is 8.92. The van der Waals surface area contributed by atoms with Crippen LogP contribution in [0.2, 0.25) is 0 Å². The molecule has 0 saturated carbocycles. The third-order valence-corrected chi connectivity index (χ3v) is 3.07. The van der Waals surface area contributed by atoms with Gasteiger partial charge >= 0.3 is 0 Å². The van der Waals surface area contributed by atoms with Gasteiger partial charge in [-0.3, -0.25) is 0 Å². The van der Waals surface area contributed by atoms with Gasteiger partial charge in [0.05, 0.1) is 11.9 Å². The van der Waals surface area contributed by atoms with Crippen molar-refractivity contribution in [1.29, 1.82) is 0 Å². The molecule has 0 fully saturated rings. The molecular weight excluding hydrogens is 202 g/mol. The molecule has 5 heteroatoms. The molecule has 0 spiro atoms. The Bertz CT molecular complexity index is 252. The number of aliphatic hydroxyl groups is 1. The number of sulfonamides is 1. The van der Waals surface area contributed by atoms with E-state index in [4.69, 9.17) is 5.11 Å². The molecule has 0 aliphatic carbocycles. The number of aliphatic hydroxyl groups excluding tert-OH is 1. The smallest absolute Gasteiger partial charge is 0.211 e. The highest BCUT2D eigenvalue weighted by molar-refractivity contribution is 7.89. The van der Waals surface area contributed by atoms with E-state index in [0.717, 1.165) is 0 Å². The Balaban J connectivity index is 3.97. The van der Waals surface area contributed by atoms with Gasteiger partial charge in [-0.15, -0.1) is 0 Å². The lowest BCUT2D eigenvalue weighted by molar-refractivity contribution is 0.198. The van der Waals surface area contributed by atoms with Crippen LogP contribution in [-0.2, 0) is 10.0 Å². The van der Waals surface area contributed by atoms with Gasteiger partial charge in [0.2, 0.25) is 10.0 Å². The summed E-state index contributed by atoms with van der Waals surface area (Å²) in [5.41, 5.74) is 0.0135. The van der Waals surface area contributed by atoms with Gasteiger partial charge in [0.15, 0.2) is 0 Å². The van der Waals surface area contributed by atoms with Gasteiger partial charge in [0.25, 0.3) is 0 Å². The van der Waals surface area contributed by atoms with E-state index < -0.39 is 16.1 Å². The first kappa shape index (κ1) is 13.9. The van der Waals surface area contributed by atoms with Crippen LogP contribution in [0, 0.1) is 5.41 Å². The highest BCUT2D eigenvalue weighted by atomic mass is 32.2. The molecule has 0 bridgehead atoms. The van der Waals surface area contributed by atoms with Crippen LogP contribution in [0.1, 0.15) is 34.1 Å². The van der Waals surface area contributed by atoms with Gasteiger partial charge in [0.1, 0.15) is 0 Å². The predicted molar refractivity (Wildman–Crippen MR) is 57.5 cm³/mol. The van der Waals surface area contributed by atoms with E-state index in [2.05, 4.69) is 4.72 Å². The van der Waals surface area contributed by atoms with Crippen LogP contribution < -0.4 is 4.72 Å². The standard InChI is InChI=1S/C9H21NO3S/c1-8(11)7-10-14(12,13)6-5-9(2,3)4/h8,10-11H,5-7H2,1-4H3/t8-/m1/s1. The molecule has 4 nitrogen and oxygen atoms in total. The fraction of sp³-hybridized carbons (Fsp3) is 1.00.